The van der Waals surface area contributed by atoms with Crippen molar-refractivity contribution in [2.24, 2.45) is 0 Å². The highest BCUT2D eigenvalue weighted by atomic mass is 35.5. The van der Waals surface area contributed by atoms with E-state index in [0.717, 1.165) is 50.0 Å². The summed E-state index contributed by atoms with van der Waals surface area (Å²) in [6.45, 7) is 5.39. The van der Waals surface area contributed by atoms with E-state index in [1.807, 2.05) is 0 Å². The number of thiazole rings is 1. The maximum atomic E-state index is 12.5. The van der Waals surface area contributed by atoms with E-state index < -0.39 is 11.1 Å². The number of nitrogens with one attached hydrogen (secondary N) is 1. The monoisotopic (exact) mass is 329 g/mol. The molecule has 2 heterocycles. The molecule has 0 bridgehead atoms. The van der Waals surface area contributed by atoms with Gasteiger partial charge in [0.1, 0.15) is 9.88 Å². The third-order valence-corrected chi connectivity index (χ3v) is 4.26. The van der Waals surface area contributed by atoms with Crippen molar-refractivity contribution in [2.75, 3.05) is 19.6 Å². The van der Waals surface area contributed by atoms with Gasteiger partial charge in [0, 0.05) is 12.6 Å². The summed E-state index contributed by atoms with van der Waals surface area (Å²) in [7, 11) is 0. The molecule has 20 heavy (non-hydrogen) atoms. The van der Waals surface area contributed by atoms with Crippen LogP contribution in [-0.2, 0) is 12.7 Å². The minimum Gasteiger partial charge on any atom is -0.315 e. The van der Waals surface area contributed by atoms with Gasteiger partial charge < -0.3 is 5.32 Å². The highest BCUT2D eigenvalue weighted by Gasteiger charge is 2.33. The van der Waals surface area contributed by atoms with Crippen molar-refractivity contribution in [3.8, 4) is 0 Å². The van der Waals surface area contributed by atoms with Crippen LogP contribution in [0.3, 0.4) is 0 Å². The van der Waals surface area contributed by atoms with Gasteiger partial charge in [-0.05, 0) is 25.9 Å². The molecule has 1 unspecified atom stereocenters. The Kier molecular flexibility index (Phi) is 6.71. The molecule has 1 saturated heterocycles. The summed E-state index contributed by atoms with van der Waals surface area (Å²) in [6.07, 6.45) is -1.29. The lowest BCUT2D eigenvalue weighted by Gasteiger charge is -2.26. The van der Waals surface area contributed by atoms with Crippen LogP contribution >= 0.6 is 23.7 Å². The number of nitrogens with zero attached hydrogens (tertiary/aromatic N) is 2. The van der Waals surface area contributed by atoms with Gasteiger partial charge in [-0.1, -0.05) is 6.92 Å². The molecule has 1 N–H and O–H groups in total. The number of hydrogen-bond acceptors (Lipinski definition) is 4. The van der Waals surface area contributed by atoms with Crippen molar-refractivity contribution in [1.29, 1.82) is 0 Å². The third kappa shape index (κ3) is 4.58. The first-order valence-corrected chi connectivity index (χ1v) is 7.29. The maximum Gasteiger partial charge on any atom is 0.427 e. The van der Waals surface area contributed by atoms with Crippen LogP contribution in [-0.4, -0.2) is 35.6 Å². The molecular weight excluding hydrogens is 311 g/mol. The summed E-state index contributed by atoms with van der Waals surface area (Å²) >= 11 is 0.755. The number of aromatic nitrogens is 1. The van der Waals surface area contributed by atoms with Crippen molar-refractivity contribution in [1.82, 2.24) is 15.2 Å². The summed E-state index contributed by atoms with van der Waals surface area (Å²) in [5.74, 6) is 0. The Morgan fingerprint density at radius 2 is 2.25 bits per heavy atom. The van der Waals surface area contributed by atoms with Gasteiger partial charge in [0.15, 0.2) is 0 Å². The molecule has 0 amide bonds. The molecule has 1 aromatic rings. The zero-order chi connectivity index (χ0) is 13.9. The van der Waals surface area contributed by atoms with Gasteiger partial charge in [0.2, 0.25) is 0 Å². The molecule has 1 fully saturated rings. The highest BCUT2D eigenvalue weighted by molar-refractivity contribution is 7.11. The fraction of sp³-hybridized carbons (Fsp3) is 0.750. The minimum absolute atomic E-state index is 0. The fourth-order valence-electron chi connectivity index (χ4n) is 2.32. The zero-order valence-corrected chi connectivity index (χ0v) is 12.9. The lowest BCUT2D eigenvalue weighted by atomic mass is 10.2. The van der Waals surface area contributed by atoms with Crippen LogP contribution in [0.2, 0.25) is 0 Å². The number of alkyl halides is 3. The SMILES string of the molecule is CCCN(Cc1ncc(C(F)(F)F)s1)C1CCNC1.Cl. The fourth-order valence-corrected chi connectivity index (χ4v) is 3.13. The summed E-state index contributed by atoms with van der Waals surface area (Å²) in [5.41, 5.74) is 0. The predicted octanol–water partition coefficient (Wildman–Crippen LogP) is 3.16. The van der Waals surface area contributed by atoms with Crippen molar-refractivity contribution in [2.45, 2.75) is 38.5 Å². The molecule has 1 atom stereocenters. The van der Waals surface area contributed by atoms with E-state index in [-0.39, 0.29) is 12.4 Å². The van der Waals surface area contributed by atoms with Gasteiger partial charge in [-0.3, -0.25) is 4.90 Å². The topological polar surface area (TPSA) is 28.2 Å². The van der Waals surface area contributed by atoms with E-state index in [1.165, 1.54) is 0 Å². The van der Waals surface area contributed by atoms with Gasteiger partial charge in [0.25, 0.3) is 0 Å². The molecule has 0 radical (unpaired) electrons. The largest absolute Gasteiger partial charge is 0.427 e. The zero-order valence-electron chi connectivity index (χ0n) is 11.2. The highest BCUT2D eigenvalue weighted by Crippen LogP contribution is 2.33. The van der Waals surface area contributed by atoms with Gasteiger partial charge in [0.05, 0.1) is 12.7 Å². The molecule has 0 aromatic carbocycles. The standard InChI is InChI=1S/C12H18F3N3S.ClH/c1-2-5-18(9-3-4-16-6-9)8-11-17-7-10(19-11)12(13,14)15;/h7,9,16H,2-6,8H2,1H3;1H. The molecule has 1 aromatic heterocycles. The summed E-state index contributed by atoms with van der Waals surface area (Å²) in [4.78, 5) is 5.54. The van der Waals surface area contributed by atoms with Gasteiger partial charge in [-0.2, -0.15) is 13.2 Å². The molecule has 2 rings (SSSR count). The second kappa shape index (κ2) is 7.59. The number of rotatable bonds is 5. The first-order chi connectivity index (χ1) is 9.00. The normalized spacial score (nSPS) is 19.4. The lowest BCUT2D eigenvalue weighted by molar-refractivity contribution is -0.134. The first-order valence-electron chi connectivity index (χ1n) is 6.47. The van der Waals surface area contributed by atoms with Crippen molar-refractivity contribution in [3.05, 3.63) is 16.1 Å². The summed E-state index contributed by atoms with van der Waals surface area (Å²) < 4.78 is 37.6. The van der Waals surface area contributed by atoms with Crippen LogP contribution in [0.5, 0.6) is 0 Å². The number of hydrogen-bond donors (Lipinski definition) is 1. The molecule has 0 spiro atoms. The Bertz CT molecular complexity index is 405. The van der Waals surface area contributed by atoms with Gasteiger partial charge in [-0.25, -0.2) is 4.98 Å². The number of halogens is 4. The molecule has 8 heteroatoms. The molecule has 1 aliphatic heterocycles. The Morgan fingerprint density at radius 3 is 2.75 bits per heavy atom. The molecule has 1 aliphatic rings. The quantitative estimate of drug-likeness (QED) is 0.899. The van der Waals surface area contributed by atoms with E-state index in [1.54, 1.807) is 0 Å². The van der Waals surface area contributed by atoms with Crippen LogP contribution < -0.4 is 5.32 Å². The Balaban J connectivity index is 0.00000200. The third-order valence-electron chi connectivity index (χ3n) is 3.23. The van der Waals surface area contributed by atoms with E-state index in [2.05, 4.69) is 22.1 Å². The average molecular weight is 330 g/mol. The Labute approximate surface area is 127 Å². The van der Waals surface area contributed by atoms with Crippen LogP contribution in [0.25, 0.3) is 0 Å². The van der Waals surface area contributed by atoms with E-state index >= 15 is 0 Å². The molecule has 116 valence electrons. The van der Waals surface area contributed by atoms with E-state index in [0.29, 0.717) is 17.6 Å². The molecular formula is C12H19ClF3N3S. The molecule has 3 nitrogen and oxygen atoms in total. The first kappa shape index (κ1) is 17.7. The van der Waals surface area contributed by atoms with Gasteiger partial charge in [-0.15, -0.1) is 23.7 Å². The van der Waals surface area contributed by atoms with Crippen molar-refractivity contribution >= 4 is 23.7 Å². The van der Waals surface area contributed by atoms with Gasteiger partial charge >= 0.3 is 6.18 Å². The van der Waals surface area contributed by atoms with Crippen molar-refractivity contribution < 1.29 is 13.2 Å². The second-order valence-corrected chi connectivity index (χ2v) is 5.85. The minimum atomic E-state index is -4.28. The molecule has 0 aliphatic carbocycles. The average Bonchev–Trinajstić information content (AvgIpc) is 2.98. The smallest absolute Gasteiger partial charge is 0.315 e. The van der Waals surface area contributed by atoms with E-state index in [9.17, 15) is 13.2 Å². The Hall–Kier alpha value is -0.370. The predicted molar refractivity (Wildman–Crippen MR) is 76.3 cm³/mol. The van der Waals surface area contributed by atoms with Crippen molar-refractivity contribution in [3.63, 3.8) is 0 Å². The van der Waals surface area contributed by atoms with Crippen LogP contribution in [0, 0.1) is 0 Å². The van der Waals surface area contributed by atoms with E-state index in [4.69, 9.17) is 0 Å². The van der Waals surface area contributed by atoms with Crippen LogP contribution in [0.1, 0.15) is 29.7 Å². The summed E-state index contributed by atoms with van der Waals surface area (Å²) in [6, 6.07) is 0.415. The Morgan fingerprint density at radius 1 is 1.50 bits per heavy atom. The second-order valence-electron chi connectivity index (χ2n) is 4.73. The van der Waals surface area contributed by atoms with Crippen LogP contribution in [0.15, 0.2) is 6.20 Å². The van der Waals surface area contributed by atoms with Crippen LogP contribution in [0.4, 0.5) is 13.2 Å². The molecule has 0 saturated carbocycles. The summed E-state index contributed by atoms with van der Waals surface area (Å²) in [5, 5.41) is 3.84. The maximum absolute atomic E-state index is 12.5. The lowest BCUT2D eigenvalue weighted by Crippen LogP contribution is -2.36.